The van der Waals surface area contributed by atoms with Gasteiger partial charge in [-0.2, -0.15) is 0 Å². The lowest BCUT2D eigenvalue weighted by atomic mass is 10.1. The smallest absolute Gasteiger partial charge is 0.251 e. The SMILES string of the molecule is Cc1c(N)cc(C(=O)NC2C=CS(=O)(=O)C2)cc1F. The van der Waals surface area contributed by atoms with Gasteiger partial charge in [0.05, 0.1) is 11.8 Å². The first-order valence-corrected chi connectivity index (χ1v) is 7.27. The predicted octanol–water partition coefficient (Wildman–Crippen LogP) is 0.757. The van der Waals surface area contributed by atoms with Crippen LogP contribution in [0.5, 0.6) is 0 Å². The molecule has 19 heavy (non-hydrogen) atoms. The molecule has 0 saturated carbocycles. The van der Waals surface area contributed by atoms with E-state index in [0.29, 0.717) is 0 Å². The fourth-order valence-electron chi connectivity index (χ4n) is 1.75. The maximum atomic E-state index is 13.5. The minimum absolute atomic E-state index is 0.0679. The molecule has 1 atom stereocenters. The molecule has 0 aromatic heterocycles. The van der Waals surface area contributed by atoms with Crippen molar-refractivity contribution in [2.24, 2.45) is 0 Å². The lowest BCUT2D eigenvalue weighted by Gasteiger charge is -2.11. The van der Waals surface area contributed by atoms with E-state index in [1.165, 1.54) is 19.1 Å². The third-order valence-corrected chi connectivity index (χ3v) is 4.29. The van der Waals surface area contributed by atoms with Crippen LogP contribution in [0.3, 0.4) is 0 Å². The highest BCUT2D eigenvalue weighted by molar-refractivity contribution is 7.94. The molecular formula is C12H13FN2O3S. The topological polar surface area (TPSA) is 89.3 Å². The number of carbonyl (C=O) groups is 1. The Hall–Kier alpha value is -1.89. The second kappa shape index (κ2) is 4.65. The first kappa shape index (κ1) is 13.5. The number of nitrogen functional groups attached to an aromatic ring is 1. The van der Waals surface area contributed by atoms with Gasteiger partial charge in [-0.3, -0.25) is 4.79 Å². The summed E-state index contributed by atoms with van der Waals surface area (Å²) < 4.78 is 35.9. The van der Waals surface area contributed by atoms with Crippen LogP contribution in [-0.2, 0) is 9.84 Å². The molecule has 1 aromatic rings. The van der Waals surface area contributed by atoms with Gasteiger partial charge < -0.3 is 11.1 Å². The van der Waals surface area contributed by atoms with Gasteiger partial charge in [-0.1, -0.05) is 0 Å². The van der Waals surface area contributed by atoms with Crippen LogP contribution in [0.25, 0.3) is 0 Å². The molecule has 2 rings (SSSR count). The summed E-state index contributed by atoms with van der Waals surface area (Å²) in [6.07, 6.45) is 1.39. The second-order valence-electron chi connectivity index (χ2n) is 4.41. The van der Waals surface area contributed by atoms with E-state index >= 15 is 0 Å². The van der Waals surface area contributed by atoms with Gasteiger partial charge >= 0.3 is 0 Å². The predicted molar refractivity (Wildman–Crippen MR) is 69.7 cm³/mol. The zero-order valence-corrected chi connectivity index (χ0v) is 11.0. The van der Waals surface area contributed by atoms with Crippen LogP contribution in [0.1, 0.15) is 15.9 Å². The zero-order valence-electron chi connectivity index (χ0n) is 10.2. The first-order valence-electron chi connectivity index (χ1n) is 5.56. The maximum absolute atomic E-state index is 13.5. The molecule has 0 aliphatic carbocycles. The van der Waals surface area contributed by atoms with Crippen LogP contribution in [0.4, 0.5) is 10.1 Å². The van der Waals surface area contributed by atoms with E-state index in [1.54, 1.807) is 0 Å². The average Bonchev–Trinajstić information content (AvgIpc) is 2.64. The number of rotatable bonds is 2. The Morgan fingerprint density at radius 2 is 2.16 bits per heavy atom. The molecule has 1 aromatic carbocycles. The fourth-order valence-corrected chi connectivity index (χ4v) is 2.98. The lowest BCUT2D eigenvalue weighted by Crippen LogP contribution is -2.35. The molecule has 1 amide bonds. The molecule has 0 bridgehead atoms. The van der Waals surface area contributed by atoms with E-state index in [0.717, 1.165) is 11.5 Å². The molecule has 3 N–H and O–H groups in total. The summed E-state index contributed by atoms with van der Waals surface area (Å²) in [6, 6.07) is 1.85. The molecule has 1 heterocycles. The summed E-state index contributed by atoms with van der Waals surface area (Å²) >= 11 is 0. The summed E-state index contributed by atoms with van der Waals surface area (Å²) in [6.45, 7) is 1.51. The molecule has 102 valence electrons. The number of hydrogen-bond donors (Lipinski definition) is 2. The Kier molecular flexibility index (Phi) is 3.32. The Bertz CT molecular complexity index is 645. The summed E-state index contributed by atoms with van der Waals surface area (Å²) in [7, 11) is -3.24. The number of carbonyl (C=O) groups excluding carboxylic acids is 1. The normalized spacial score (nSPS) is 20.4. The highest BCUT2D eigenvalue weighted by atomic mass is 32.2. The molecule has 0 spiro atoms. The summed E-state index contributed by atoms with van der Waals surface area (Å²) in [4.78, 5) is 11.9. The third-order valence-electron chi connectivity index (χ3n) is 2.89. The van der Waals surface area contributed by atoms with E-state index in [-0.39, 0.29) is 22.6 Å². The van der Waals surface area contributed by atoms with Crippen LogP contribution < -0.4 is 11.1 Å². The van der Waals surface area contributed by atoms with Crippen molar-refractivity contribution in [2.75, 3.05) is 11.5 Å². The van der Waals surface area contributed by atoms with Crippen molar-refractivity contribution in [3.63, 3.8) is 0 Å². The third kappa shape index (κ3) is 2.93. The number of benzene rings is 1. The van der Waals surface area contributed by atoms with E-state index < -0.39 is 27.6 Å². The van der Waals surface area contributed by atoms with Crippen LogP contribution in [0, 0.1) is 12.7 Å². The van der Waals surface area contributed by atoms with Gasteiger partial charge in [0.2, 0.25) is 0 Å². The Morgan fingerprint density at radius 1 is 1.47 bits per heavy atom. The minimum atomic E-state index is -3.24. The molecule has 0 radical (unpaired) electrons. The number of nitrogens with two attached hydrogens (primary N) is 1. The molecule has 1 unspecified atom stereocenters. The number of nitrogens with one attached hydrogen (secondary N) is 1. The van der Waals surface area contributed by atoms with Crippen molar-refractivity contribution in [1.82, 2.24) is 5.32 Å². The number of halogens is 1. The van der Waals surface area contributed by atoms with Crippen LogP contribution in [-0.4, -0.2) is 26.1 Å². The maximum Gasteiger partial charge on any atom is 0.251 e. The highest BCUT2D eigenvalue weighted by Gasteiger charge is 2.23. The monoisotopic (exact) mass is 284 g/mol. The van der Waals surface area contributed by atoms with Gasteiger partial charge in [-0.25, -0.2) is 12.8 Å². The van der Waals surface area contributed by atoms with Crippen molar-refractivity contribution in [3.8, 4) is 0 Å². The van der Waals surface area contributed by atoms with E-state index in [4.69, 9.17) is 5.73 Å². The van der Waals surface area contributed by atoms with E-state index in [2.05, 4.69) is 5.32 Å². The van der Waals surface area contributed by atoms with Gasteiger partial charge in [0, 0.05) is 22.2 Å². The van der Waals surface area contributed by atoms with Gasteiger partial charge in [0.15, 0.2) is 9.84 Å². The molecule has 7 heteroatoms. The van der Waals surface area contributed by atoms with Crippen molar-refractivity contribution < 1.29 is 17.6 Å². The Balaban J connectivity index is 2.16. The quantitative estimate of drug-likeness (QED) is 0.784. The lowest BCUT2D eigenvalue weighted by molar-refractivity contribution is 0.0947. The Morgan fingerprint density at radius 3 is 2.68 bits per heavy atom. The molecule has 1 aliphatic rings. The number of sulfone groups is 1. The molecule has 1 aliphatic heterocycles. The summed E-state index contributed by atoms with van der Waals surface area (Å²) in [5.41, 5.74) is 6.11. The summed E-state index contributed by atoms with van der Waals surface area (Å²) in [5.74, 6) is -1.31. The number of amides is 1. The van der Waals surface area contributed by atoms with Gasteiger partial charge in [0.1, 0.15) is 5.82 Å². The second-order valence-corrected chi connectivity index (χ2v) is 6.34. The largest absolute Gasteiger partial charge is 0.398 e. The van der Waals surface area contributed by atoms with Crippen molar-refractivity contribution >= 4 is 21.4 Å². The summed E-state index contributed by atoms with van der Waals surface area (Å²) in [5, 5.41) is 3.56. The first-order chi connectivity index (χ1) is 8.78. The van der Waals surface area contributed by atoms with Gasteiger partial charge in [-0.05, 0) is 25.1 Å². The van der Waals surface area contributed by atoms with E-state index in [1.807, 2.05) is 0 Å². The highest BCUT2D eigenvalue weighted by Crippen LogP contribution is 2.18. The molecule has 0 fully saturated rings. The molecular weight excluding hydrogens is 271 g/mol. The van der Waals surface area contributed by atoms with Crippen molar-refractivity contribution in [3.05, 3.63) is 40.6 Å². The average molecular weight is 284 g/mol. The van der Waals surface area contributed by atoms with Gasteiger partial charge in [-0.15, -0.1) is 0 Å². The van der Waals surface area contributed by atoms with Crippen molar-refractivity contribution in [2.45, 2.75) is 13.0 Å². The standard InChI is InChI=1S/C12H13FN2O3S/c1-7-10(13)4-8(5-11(7)14)12(16)15-9-2-3-19(17,18)6-9/h2-5,9H,6,14H2,1H3,(H,15,16). The fraction of sp³-hybridized carbons (Fsp3) is 0.250. The zero-order chi connectivity index (χ0) is 14.2. The Labute approximate surface area is 110 Å². The number of hydrogen-bond acceptors (Lipinski definition) is 4. The minimum Gasteiger partial charge on any atom is -0.398 e. The van der Waals surface area contributed by atoms with Crippen LogP contribution in [0.2, 0.25) is 0 Å². The van der Waals surface area contributed by atoms with E-state index in [9.17, 15) is 17.6 Å². The van der Waals surface area contributed by atoms with Crippen LogP contribution >= 0.6 is 0 Å². The van der Waals surface area contributed by atoms with Crippen molar-refractivity contribution in [1.29, 1.82) is 0 Å². The molecule has 5 nitrogen and oxygen atoms in total. The number of anilines is 1. The molecule has 0 saturated heterocycles. The van der Waals surface area contributed by atoms with Crippen LogP contribution in [0.15, 0.2) is 23.6 Å². The van der Waals surface area contributed by atoms with Gasteiger partial charge in [0.25, 0.3) is 5.91 Å².